The number of thioether (sulfide) groups is 1. The zero-order chi connectivity index (χ0) is 18.2. The SMILES string of the molecule is CC(=O)c1ccc(NC(=O)[C@@H](C)OC(=O)CSCc2cccs2)cc1. The molecule has 1 amide bonds. The fraction of sp³-hybridized carbons (Fsp3) is 0.278. The van der Waals surface area contributed by atoms with Crippen molar-refractivity contribution in [2.75, 3.05) is 11.1 Å². The summed E-state index contributed by atoms with van der Waals surface area (Å²) in [5.74, 6) is 0.0714. The molecule has 0 fully saturated rings. The van der Waals surface area contributed by atoms with Crippen molar-refractivity contribution in [1.29, 1.82) is 0 Å². The van der Waals surface area contributed by atoms with Crippen LogP contribution in [0, 0.1) is 0 Å². The minimum Gasteiger partial charge on any atom is -0.452 e. The van der Waals surface area contributed by atoms with E-state index in [4.69, 9.17) is 4.74 Å². The van der Waals surface area contributed by atoms with Gasteiger partial charge in [-0.1, -0.05) is 6.07 Å². The highest BCUT2D eigenvalue weighted by Gasteiger charge is 2.18. The molecule has 132 valence electrons. The quantitative estimate of drug-likeness (QED) is 0.560. The Morgan fingerprint density at radius 2 is 1.92 bits per heavy atom. The average molecular weight is 377 g/mol. The first-order valence-corrected chi connectivity index (χ1v) is 9.70. The van der Waals surface area contributed by atoms with Gasteiger partial charge >= 0.3 is 5.97 Å². The summed E-state index contributed by atoms with van der Waals surface area (Å²) < 4.78 is 5.14. The summed E-state index contributed by atoms with van der Waals surface area (Å²) in [6.07, 6.45) is -0.887. The maximum Gasteiger partial charge on any atom is 0.316 e. The maximum atomic E-state index is 12.1. The van der Waals surface area contributed by atoms with Crippen LogP contribution in [0.3, 0.4) is 0 Å². The summed E-state index contributed by atoms with van der Waals surface area (Å²) in [5, 5.41) is 4.65. The van der Waals surface area contributed by atoms with Crippen molar-refractivity contribution in [3.05, 3.63) is 52.2 Å². The number of hydrogen-bond donors (Lipinski definition) is 1. The Morgan fingerprint density at radius 3 is 2.52 bits per heavy atom. The van der Waals surface area contributed by atoms with E-state index in [0.717, 1.165) is 5.75 Å². The second kappa shape index (κ2) is 9.39. The zero-order valence-electron chi connectivity index (χ0n) is 14.0. The Labute approximate surface area is 154 Å². The Kier molecular flexibility index (Phi) is 7.21. The second-order valence-electron chi connectivity index (χ2n) is 5.33. The van der Waals surface area contributed by atoms with Crippen LogP contribution >= 0.6 is 23.1 Å². The molecule has 1 N–H and O–H groups in total. The smallest absolute Gasteiger partial charge is 0.316 e. The third-order valence-corrected chi connectivity index (χ3v) is 5.29. The molecular formula is C18H19NO4S2. The van der Waals surface area contributed by atoms with E-state index in [2.05, 4.69) is 5.32 Å². The van der Waals surface area contributed by atoms with E-state index in [0.29, 0.717) is 11.3 Å². The van der Waals surface area contributed by atoms with Crippen molar-refractivity contribution >= 4 is 46.4 Å². The topological polar surface area (TPSA) is 72.5 Å². The molecule has 0 aliphatic rings. The highest BCUT2D eigenvalue weighted by molar-refractivity contribution is 7.99. The molecule has 0 bridgehead atoms. The molecule has 2 rings (SSSR count). The molecule has 0 aliphatic carbocycles. The number of nitrogens with one attached hydrogen (secondary N) is 1. The molecule has 25 heavy (non-hydrogen) atoms. The number of ketones is 1. The summed E-state index contributed by atoms with van der Waals surface area (Å²) in [6, 6.07) is 10.5. The van der Waals surface area contributed by atoms with E-state index in [1.807, 2.05) is 17.5 Å². The van der Waals surface area contributed by atoms with Crippen molar-refractivity contribution in [1.82, 2.24) is 0 Å². The Bertz CT molecular complexity index is 726. The van der Waals surface area contributed by atoms with Gasteiger partial charge in [0.1, 0.15) is 0 Å². The number of rotatable bonds is 8. The number of anilines is 1. The van der Waals surface area contributed by atoms with Crippen LogP contribution in [-0.4, -0.2) is 29.5 Å². The Morgan fingerprint density at radius 1 is 1.20 bits per heavy atom. The molecule has 0 spiro atoms. The standard InChI is InChI=1S/C18H19NO4S2/c1-12(20)14-5-7-15(8-6-14)19-18(22)13(2)23-17(21)11-24-10-16-4-3-9-25-16/h3-9,13H,10-11H2,1-2H3,(H,19,22)/t13-/m1/s1. The number of thiophene rings is 1. The van der Waals surface area contributed by atoms with Crippen LogP contribution in [0.4, 0.5) is 5.69 Å². The molecule has 7 heteroatoms. The highest BCUT2D eigenvalue weighted by Crippen LogP contribution is 2.17. The van der Waals surface area contributed by atoms with Crippen molar-refractivity contribution in [2.45, 2.75) is 25.7 Å². The molecule has 0 unspecified atom stereocenters. The van der Waals surface area contributed by atoms with Crippen molar-refractivity contribution in [3.63, 3.8) is 0 Å². The minimum atomic E-state index is -0.887. The van der Waals surface area contributed by atoms with Crippen LogP contribution in [0.5, 0.6) is 0 Å². The van der Waals surface area contributed by atoms with Gasteiger partial charge in [-0.2, -0.15) is 0 Å². The molecular weight excluding hydrogens is 358 g/mol. The van der Waals surface area contributed by atoms with E-state index < -0.39 is 18.0 Å². The molecule has 2 aromatic rings. The van der Waals surface area contributed by atoms with Crippen LogP contribution in [0.1, 0.15) is 29.1 Å². The lowest BCUT2D eigenvalue weighted by atomic mass is 10.1. The normalized spacial score (nSPS) is 11.6. The van der Waals surface area contributed by atoms with Gasteiger partial charge in [-0.25, -0.2) is 0 Å². The lowest BCUT2D eigenvalue weighted by Crippen LogP contribution is -2.30. The number of carbonyl (C=O) groups excluding carboxylic acids is 3. The van der Waals surface area contributed by atoms with Crippen LogP contribution in [0.15, 0.2) is 41.8 Å². The molecule has 0 aliphatic heterocycles. The third-order valence-electron chi connectivity index (χ3n) is 3.28. The van der Waals surface area contributed by atoms with Crippen LogP contribution < -0.4 is 5.32 Å². The second-order valence-corrected chi connectivity index (χ2v) is 7.34. The van der Waals surface area contributed by atoms with Gasteiger partial charge in [-0.05, 0) is 49.6 Å². The van der Waals surface area contributed by atoms with Crippen LogP contribution in [-0.2, 0) is 20.1 Å². The first-order chi connectivity index (χ1) is 12.0. The number of ether oxygens (including phenoxy) is 1. The lowest BCUT2D eigenvalue weighted by molar-refractivity contribution is -0.150. The molecule has 1 aromatic carbocycles. The first kappa shape index (κ1) is 19.2. The number of carbonyl (C=O) groups is 3. The van der Waals surface area contributed by atoms with Gasteiger partial charge in [-0.15, -0.1) is 23.1 Å². The lowest BCUT2D eigenvalue weighted by Gasteiger charge is -2.13. The summed E-state index contributed by atoms with van der Waals surface area (Å²) in [5.41, 5.74) is 1.12. The van der Waals surface area contributed by atoms with E-state index in [1.165, 1.54) is 30.5 Å². The summed E-state index contributed by atoms with van der Waals surface area (Å²) >= 11 is 3.09. The summed E-state index contributed by atoms with van der Waals surface area (Å²) in [6.45, 7) is 3.01. The van der Waals surface area contributed by atoms with Crippen molar-refractivity contribution in [2.24, 2.45) is 0 Å². The van der Waals surface area contributed by atoms with Gasteiger partial charge in [0.2, 0.25) is 0 Å². The van der Waals surface area contributed by atoms with Gasteiger partial charge in [0.25, 0.3) is 5.91 Å². The molecule has 0 saturated carbocycles. The first-order valence-electron chi connectivity index (χ1n) is 7.67. The number of esters is 1. The average Bonchev–Trinajstić information content (AvgIpc) is 3.08. The van der Waals surface area contributed by atoms with E-state index in [9.17, 15) is 14.4 Å². The predicted molar refractivity (Wildman–Crippen MR) is 101 cm³/mol. The third kappa shape index (κ3) is 6.36. The minimum absolute atomic E-state index is 0.0415. The van der Waals surface area contributed by atoms with E-state index in [1.54, 1.807) is 35.6 Å². The molecule has 0 radical (unpaired) electrons. The summed E-state index contributed by atoms with van der Waals surface area (Å²) in [4.78, 5) is 36.3. The number of hydrogen-bond acceptors (Lipinski definition) is 6. The zero-order valence-corrected chi connectivity index (χ0v) is 15.6. The van der Waals surface area contributed by atoms with Gasteiger partial charge < -0.3 is 10.1 Å². The Balaban J connectivity index is 1.75. The molecule has 1 heterocycles. The molecule has 0 saturated heterocycles. The highest BCUT2D eigenvalue weighted by atomic mass is 32.2. The fourth-order valence-corrected chi connectivity index (χ4v) is 3.59. The van der Waals surface area contributed by atoms with E-state index in [-0.39, 0.29) is 11.5 Å². The predicted octanol–water partition coefficient (Wildman–Crippen LogP) is 3.75. The largest absolute Gasteiger partial charge is 0.452 e. The van der Waals surface area contributed by atoms with Gasteiger partial charge in [0.05, 0.1) is 5.75 Å². The number of benzene rings is 1. The fourth-order valence-electron chi connectivity index (χ4n) is 1.95. The monoisotopic (exact) mass is 377 g/mol. The van der Waals surface area contributed by atoms with Crippen molar-refractivity contribution < 1.29 is 19.1 Å². The van der Waals surface area contributed by atoms with Crippen LogP contribution in [0.25, 0.3) is 0 Å². The van der Waals surface area contributed by atoms with Gasteiger partial charge in [-0.3, -0.25) is 14.4 Å². The summed E-state index contributed by atoms with van der Waals surface area (Å²) in [7, 11) is 0. The molecule has 5 nitrogen and oxygen atoms in total. The molecule has 1 aromatic heterocycles. The maximum absolute atomic E-state index is 12.1. The van der Waals surface area contributed by atoms with Crippen molar-refractivity contribution in [3.8, 4) is 0 Å². The van der Waals surface area contributed by atoms with E-state index >= 15 is 0 Å². The van der Waals surface area contributed by atoms with Gasteiger partial charge in [0.15, 0.2) is 11.9 Å². The van der Waals surface area contributed by atoms with Crippen LogP contribution in [0.2, 0.25) is 0 Å². The number of amides is 1. The molecule has 1 atom stereocenters. The Hall–Kier alpha value is -2.12. The number of Topliss-reactive ketones (excluding diaryl/α,β-unsaturated/α-hetero) is 1. The van der Waals surface area contributed by atoms with Gasteiger partial charge in [0, 0.05) is 21.9 Å².